The average molecular weight is 309 g/mol. The summed E-state index contributed by atoms with van der Waals surface area (Å²) in [5.74, 6) is 1.93. The molecule has 1 aromatic carbocycles. The Hall–Kier alpha value is -0.700. The minimum absolute atomic E-state index is 0.556. The van der Waals surface area contributed by atoms with Gasteiger partial charge < -0.3 is 9.88 Å². The van der Waals surface area contributed by atoms with Crippen molar-refractivity contribution >= 4 is 34.1 Å². The highest BCUT2D eigenvalue weighted by molar-refractivity contribution is 6.32. The molecule has 0 saturated carbocycles. The van der Waals surface area contributed by atoms with E-state index in [0.717, 1.165) is 24.0 Å². The van der Waals surface area contributed by atoms with Crippen LogP contribution in [0.5, 0.6) is 0 Å². The fourth-order valence-corrected chi connectivity index (χ4v) is 4.71. The van der Waals surface area contributed by atoms with Gasteiger partial charge in [-0.15, -0.1) is 11.6 Å². The van der Waals surface area contributed by atoms with Crippen molar-refractivity contribution in [3.63, 3.8) is 0 Å². The third-order valence-electron chi connectivity index (χ3n) is 5.10. The molecule has 106 valence electrons. The van der Waals surface area contributed by atoms with Crippen LogP contribution in [-0.2, 0) is 6.42 Å². The Kier molecular flexibility index (Phi) is 3.03. The molecule has 3 atom stereocenters. The maximum atomic E-state index is 6.41. The summed E-state index contributed by atoms with van der Waals surface area (Å²) in [6, 6.07) is 7.10. The minimum Gasteiger partial charge on any atom is -0.345 e. The third kappa shape index (κ3) is 1.75. The molecule has 1 unspecified atom stereocenters. The van der Waals surface area contributed by atoms with Gasteiger partial charge in [0.1, 0.15) is 5.15 Å². The average Bonchev–Trinajstić information content (AvgIpc) is 2.77. The van der Waals surface area contributed by atoms with Gasteiger partial charge in [0.25, 0.3) is 0 Å². The molecule has 1 fully saturated rings. The summed E-state index contributed by atoms with van der Waals surface area (Å²) in [4.78, 5) is 5.81. The Balaban J connectivity index is 1.89. The summed E-state index contributed by atoms with van der Waals surface area (Å²) in [6.07, 6.45) is 2.24. The first-order chi connectivity index (χ1) is 9.69. The molecule has 1 saturated heterocycles. The van der Waals surface area contributed by atoms with Crippen molar-refractivity contribution < 1.29 is 0 Å². The van der Waals surface area contributed by atoms with E-state index < -0.39 is 0 Å². The normalized spacial score (nSPS) is 29.6. The number of aromatic amines is 1. The number of piperidine rings is 1. The third-order valence-corrected chi connectivity index (χ3v) is 5.86. The first kappa shape index (κ1) is 13.0. The summed E-state index contributed by atoms with van der Waals surface area (Å²) >= 11 is 12.5. The largest absolute Gasteiger partial charge is 0.345 e. The molecular weight excluding hydrogens is 291 g/mol. The fraction of sp³-hybridized carbons (Fsp3) is 0.500. The monoisotopic (exact) mass is 308 g/mol. The molecule has 4 heteroatoms. The molecule has 1 aliphatic carbocycles. The van der Waals surface area contributed by atoms with Crippen LogP contribution < -0.4 is 0 Å². The number of alkyl halides is 1. The van der Waals surface area contributed by atoms with Crippen LogP contribution in [0.15, 0.2) is 18.2 Å². The summed E-state index contributed by atoms with van der Waals surface area (Å²) in [5.41, 5.74) is 3.94. The molecular formula is C16H18Cl2N2. The summed E-state index contributed by atoms with van der Waals surface area (Å²) in [6.45, 7) is 1.10. The number of halogens is 2. The van der Waals surface area contributed by atoms with Crippen molar-refractivity contribution in [1.82, 2.24) is 9.88 Å². The van der Waals surface area contributed by atoms with Gasteiger partial charge in [-0.1, -0.05) is 23.7 Å². The van der Waals surface area contributed by atoms with E-state index in [0.29, 0.717) is 17.9 Å². The van der Waals surface area contributed by atoms with Gasteiger partial charge in [-0.25, -0.2) is 0 Å². The van der Waals surface area contributed by atoms with E-state index in [4.69, 9.17) is 23.2 Å². The Labute approximate surface area is 129 Å². The van der Waals surface area contributed by atoms with Gasteiger partial charge in [-0.2, -0.15) is 0 Å². The number of likely N-dealkylation sites (N-methyl/N-ethyl adjacent to an activating group) is 1. The van der Waals surface area contributed by atoms with Gasteiger partial charge >= 0.3 is 0 Å². The number of H-pyrrole nitrogens is 1. The number of nitrogens with zero attached hydrogens (tertiary/aromatic N) is 1. The van der Waals surface area contributed by atoms with Gasteiger partial charge in [0.05, 0.1) is 0 Å². The van der Waals surface area contributed by atoms with E-state index in [1.165, 1.54) is 28.5 Å². The van der Waals surface area contributed by atoms with Crippen LogP contribution in [0.2, 0.25) is 5.15 Å². The zero-order chi connectivity index (χ0) is 13.9. The number of benzene rings is 1. The summed E-state index contributed by atoms with van der Waals surface area (Å²) in [7, 11) is 2.22. The first-order valence-electron chi connectivity index (χ1n) is 7.24. The predicted octanol–water partition coefficient (Wildman–Crippen LogP) is 4.02. The molecule has 2 aliphatic rings. The second-order valence-electron chi connectivity index (χ2n) is 6.26. The SMILES string of the molecule is CN1CC(CCl)C[C@@H]2c3cccc4[nH]c(Cl)c(c34)C[C@H]21. The van der Waals surface area contributed by atoms with Crippen molar-refractivity contribution in [2.75, 3.05) is 19.5 Å². The van der Waals surface area contributed by atoms with Crippen LogP contribution >= 0.6 is 23.2 Å². The van der Waals surface area contributed by atoms with Crippen molar-refractivity contribution in [3.8, 4) is 0 Å². The molecule has 2 aromatic rings. The number of nitrogens with one attached hydrogen (secondary N) is 1. The second kappa shape index (κ2) is 4.66. The molecule has 0 radical (unpaired) electrons. The van der Waals surface area contributed by atoms with Crippen LogP contribution in [0, 0.1) is 5.92 Å². The molecule has 1 aromatic heterocycles. The van der Waals surface area contributed by atoms with Crippen molar-refractivity contribution in [3.05, 3.63) is 34.5 Å². The van der Waals surface area contributed by atoms with Crippen LogP contribution in [-0.4, -0.2) is 35.4 Å². The highest BCUT2D eigenvalue weighted by atomic mass is 35.5. The van der Waals surface area contributed by atoms with E-state index in [1.807, 2.05) is 0 Å². The Morgan fingerprint density at radius 2 is 2.25 bits per heavy atom. The molecule has 0 bridgehead atoms. The molecule has 0 spiro atoms. The zero-order valence-corrected chi connectivity index (χ0v) is 13.0. The lowest BCUT2D eigenvalue weighted by Gasteiger charge is -2.45. The van der Waals surface area contributed by atoms with E-state index in [2.05, 4.69) is 35.1 Å². The molecule has 20 heavy (non-hydrogen) atoms. The van der Waals surface area contributed by atoms with Crippen molar-refractivity contribution in [2.24, 2.45) is 5.92 Å². The maximum absolute atomic E-state index is 6.41. The van der Waals surface area contributed by atoms with Gasteiger partial charge in [-0.05, 0) is 43.0 Å². The Morgan fingerprint density at radius 3 is 3.05 bits per heavy atom. The summed E-state index contributed by atoms with van der Waals surface area (Å²) in [5, 5.41) is 2.18. The Bertz CT molecular complexity index is 664. The van der Waals surface area contributed by atoms with Gasteiger partial charge in [0.15, 0.2) is 0 Å². The van der Waals surface area contributed by atoms with Crippen molar-refractivity contribution in [1.29, 1.82) is 0 Å². The van der Waals surface area contributed by atoms with E-state index in [1.54, 1.807) is 0 Å². The van der Waals surface area contributed by atoms with Crippen LogP contribution in [0.3, 0.4) is 0 Å². The van der Waals surface area contributed by atoms with Crippen LogP contribution in [0.25, 0.3) is 10.9 Å². The standard InChI is InChI=1S/C16H18Cl2N2/c1-20-8-9(7-17)5-11-10-3-2-4-13-15(10)12(6-14(11)20)16(18)19-13/h2-4,9,11,14,19H,5-8H2,1H3/t9?,11-,14-/m1/s1. The topological polar surface area (TPSA) is 19.0 Å². The second-order valence-corrected chi connectivity index (χ2v) is 6.95. The highest BCUT2D eigenvalue weighted by Crippen LogP contribution is 2.46. The smallest absolute Gasteiger partial charge is 0.110 e. The lowest BCUT2D eigenvalue weighted by atomic mass is 9.73. The quantitative estimate of drug-likeness (QED) is 0.788. The lowest BCUT2D eigenvalue weighted by Crippen LogP contribution is -2.48. The predicted molar refractivity (Wildman–Crippen MR) is 85.0 cm³/mol. The van der Waals surface area contributed by atoms with Crippen molar-refractivity contribution in [2.45, 2.75) is 24.8 Å². The van der Waals surface area contributed by atoms with Gasteiger partial charge in [0.2, 0.25) is 0 Å². The molecule has 4 rings (SSSR count). The van der Waals surface area contributed by atoms with E-state index in [-0.39, 0.29) is 0 Å². The number of rotatable bonds is 1. The highest BCUT2D eigenvalue weighted by Gasteiger charge is 2.39. The molecule has 2 heterocycles. The van der Waals surface area contributed by atoms with E-state index >= 15 is 0 Å². The number of likely N-dealkylation sites (tertiary alicyclic amines) is 1. The molecule has 1 N–H and O–H groups in total. The van der Waals surface area contributed by atoms with Crippen LogP contribution in [0.4, 0.5) is 0 Å². The first-order valence-corrected chi connectivity index (χ1v) is 8.15. The number of fused-ring (bicyclic) bond motifs is 2. The van der Waals surface area contributed by atoms with Crippen LogP contribution in [0.1, 0.15) is 23.5 Å². The number of aromatic nitrogens is 1. The maximum Gasteiger partial charge on any atom is 0.110 e. The molecule has 1 aliphatic heterocycles. The Morgan fingerprint density at radius 1 is 1.40 bits per heavy atom. The fourth-order valence-electron chi connectivity index (χ4n) is 4.21. The van der Waals surface area contributed by atoms with Gasteiger partial charge in [0, 0.05) is 35.3 Å². The van der Waals surface area contributed by atoms with E-state index in [9.17, 15) is 0 Å². The number of hydrogen-bond donors (Lipinski definition) is 1. The molecule has 0 amide bonds. The zero-order valence-electron chi connectivity index (χ0n) is 11.5. The number of hydrogen-bond acceptors (Lipinski definition) is 1. The summed E-state index contributed by atoms with van der Waals surface area (Å²) < 4.78 is 0. The van der Waals surface area contributed by atoms with Gasteiger partial charge in [-0.3, -0.25) is 0 Å². The minimum atomic E-state index is 0.556. The molecule has 2 nitrogen and oxygen atoms in total. The lowest BCUT2D eigenvalue weighted by molar-refractivity contribution is 0.121.